The number of likely N-dealkylation sites (tertiary alicyclic amines) is 1. The van der Waals surface area contributed by atoms with Crippen molar-refractivity contribution in [2.24, 2.45) is 0 Å². The van der Waals surface area contributed by atoms with Crippen LogP contribution in [0, 0.1) is 13.8 Å². The van der Waals surface area contributed by atoms with Gasteiger partial charge in [-0.25, -0.2) is 4.98 Å². The Hall–Kier alpha value is -3.48. The van der Waals surface area contributed by atoms with Gasteiger partial charge in [-0.15, -0.1) is 0 Å². The maximum Gasteiger partial charge on any atom is 0.256 e. The lowest BCUT2D eigenvalue weighted by molar-refractivity contribution is 0.0705. The van der Waals surface area contributed by atoms with Crippen LogP contribution in [-0.4, -0.2) is 62.7 Å². The van der Waals surface area contributed by atoms with Gasteiger partial charge >= 0.3 is 0 Å². The molecule has 2 aliphatic rings. The molecule has 0 aliphatic carbocycles. The summed E-state index contributed by atoms with van der Waals surface area (Å²) in [5, 5.41) is 0. The summed E-state index contributed by atoms with van der Waals surface area (Å²) in [6, 6.07) is 9.47. The second-order valence-corrected chi connectivity index (χ2v) is 9.02. The molecule has 1 aromatic carbocycles. The van der Waals surface area contributed by atoms with Gasteiger partial charge in [0.15, 0.2) is 0 Å². The predicted molar refractivity (Wildman–Crippen MR) is 127 cm³/mol. The van der Waals surface area contributed by atoms with Gasteiger partial charge in [0.25, 0.3) is 11.8 Å². The topological polar surface area (TPSA) is 82.2 Å². The number of pyridine rings is 1. The molecule has 1 saturated heterocycles. The number of aromatic nitrogens is 3. The number of aryl methyl sites for hydroxylation is 2. The molecule has 2 aromatic heterocycles. The average molecular weight is 444 g/mol. The average Bonchev–Trinajstić information content (AvgIpc) is 3.23. The van der Waals surface area contributed by atoms with E-state index in [1.54, 1.807) is 0 Å². The molecular formula is C26H29N5O2. The fourth-order valence-corrected chi connectivity index (χ4v) is 4.87. The van der Waals surface area contributed by atoms with E-state index in [2.05, 4.69) is 22.1 Å². The number of nitrogens with one attached hydrogen (secondary N) is 1. The zero-order valence-corrected chi connectivity index (χ0v) is 19.2. The Bertz CT molecular complexity index is 1240. The number of imidazole rings is 1. The van der Waals surface area contributed by atoms with Gasteiger partial charge < -0.3 is 14.8 Å². The van der Waals surface area contributed by atoms with Crippen LogP contribution in [0.25, 0.3) is 11.0 Å². The minimum Gasteiger partial charge on any atom is -0.342 e. The molecular weight excluding hydrogens is 414 g/mol. The third kappa shape index (κ3) is 4.27. The van der Waals surface area contributed by atoms with Gasteiger partial charge in [-0.05, 0) is 63.4 Å². The molecule has 5 rings (SSSR count). The summed E-state index contributed by atoms with van der Waals surface area (Å²) in [4.78, 5) is 42.6. The highest BCUT2D eigenvalue weighted by atomic mass is 16.2. The van der Waals surface area contributed by atoms with Crippen LogP contribution in [0.1, 0.15) is 63.1 Å². The van der Waals surface area contributed by atoms with Crippen LogP contribution < -0.4 is 0 Å². The first kappa shape index (κ1) is 21.4. The van der Waals surface area contributed by atoms with E-state index in [1.807, 2.05) is 54.0 Å². The largest absolute Gasteiger partial charge is 0.342 e. The number of hydrogen-bond donors (Lipinski definition) is 1. The van der Waals surface area contributed by atoms with Crippen molar-refractivity contribution in [2.75, 3.05) is 26.2 Å². The molecule has 2 aliphatic heterocycles. The summed E-state index contributed by atoms with van der Waals surface area (Å²) >= 11 is 0. The highest BCUT2D eigenvalue weighted by molar-refractivity contribution is 5.97. The Morgan fingerprint density at radius 1 is 0.939 bits per heavy atom. The number of rotatable bonds is 3. The molecule has 2 amide bonds. The molecule has 0 bridgehead atoms. The smallest absolute Gasteiger partial charge is 0.256 e. The van der Waals surface area contributed by atoms with E-state index < -0.39 is 0 Å². The molecule has 3 aromatic rings. The molecule has 170 valence electrons. The molecule has 33 heavy (non-hydrogen) atoms. The summed E-state index contributed by atoms with van der Waals surface area (Å²) in [7, 11) is 0. The highest BCUT2D eigenvalue weighted by Gasteiger charge is 2.30. The molecule has 1 fully saturated rings. The molecule has 0 saturated carbocycles. The first-order valence-electron chi connectivity index (χ1n) is 11.7. The quantitative estimate of drug-likeness (QED) is 0.621. The third-order valence-corrected chi connectivity index (χ3v) is 6.66. The Balaban J connectivity index is 1.31. The van der Waals surface area contributed by atoms with Crippen molar-refractivity contribution >= 4 is 22.8 Å². The normalized spacial score (nSPS) is 17.0. The van der Waals surface area contributed by atoms with Crippen molar-refractivity contribution in [2.45, 2.75) is 39.0 Å². The van der Waals surface area contributed by atoms with Crippen LogP contribution in [0.3, 0.4) is 0 Å². The van der Waals surface area contributed by atoms with Crippen LogP contribution in [0.2, 0.25) is 0 Å². The van der Waals surface area contributed by atoms with Crippen LogP contribution in [0.15, 0.2) is 42.5 Å². The first-order chi connectivity index (χ1) is 16.0. The molecule has 4 heterocycles. The number of piperidine rings is 1. The number of carbonyl (C=O) groups is 2. The summed E-state index contributed by atoms with van der Waals surface area (Å²) in [6.45, 7) is 6.58. The number of H-pyrrole nitrogens is 1. The van der Waals surface area contributed by atoms with E-state index in [1.165, 1.54) is 0 Å². The zero-order chi connectivity index (χ0) is 22.9. The minimum absolute atomic E-state index is 0.0382. The Morgan fingerprint density at radius 2 is 1.76 bits per heavy atom. The number of aromatic amines is 1. The lowest BCUT2D eigenvalue weighted by atomic mass is 9.89. The van der Waals surface area contributed by atoms with E-state index in [0.29, 0.717) is 30.8 Å². The monoisotopic (exact) mass is 443 g/mol. The van der Waals surface area contributed by atoms with Crippen molar-refractivity contribution in [3.8, 4) is 0 Å². The lowest BCUT2D eigenvalue weighted by Gasteiger charge is -2.33. The van der Waals surface area contributed by atoms with Crippen molar-refractivity contribution < 1.29 is 9.59 Å². The Morgan fingerprint density at radius 3 is 2.52 bits per heavy atom. The molecule has 7 nitrogen and oxygen atoms in total. The van der Waals surface area contributed by atoms with Crippen molar-refractivity contribution in [3.05, 3.63) is 70.8 Å². The Labute approximate surface area is 193 Å². The Kier molecular flexibility index (Phi) is 5.70. The number of fused-ring (bicyclic) bond motifs is 1. The number of benzene rings is 1. The van der Waals surface area contributed by atoms with Crippen LogP contribution in [-0.2, 0) is 0 Å². The summed E-state index contributed by atoms with van der Waals surface area (Å²) in [5.41, 5.74) is 4.94. The SMILES string of the molecule is Cc1ccc(C(=O)N2CC=CCC2)c(C2CCN(C(=O)c3ccc4nc(C)[nH]c4c3)CC2)n1. The molecule has 1 N–H and O–H groups in total. The molecule has 0 radical (unpaired) electrons. The summed E-state index contributed by atoms with van der Waals surface area (Å²) in [5.74, 6) is 1.11. The maximum atomic E-state index is 13.2. The molecule has 0 spiro atoms. The second kappa shape index (κ2) is 8.81. The summed E-state index contributed by atoms with van der Waals surface area (Å²) < 4.78 is 0. The van der Waals surface area contributed by atoms with E-state index in [9.17, 15) is 9.59 Å². The molecule has 0 unspecified atom stereocenters. The maximum absolute atomic E-state index is 13.2. The van der Waals surface area contributed by atoms with Crippen molar-refractivity contribution in [1.82, 2.24) is 24.8 Å². The second-order valence-electron chi connectivity index (χ2n) is 9.02. The number of hydrogen-bond acceptors (Lipinski definition) is 4. The van der Waals surface area contributed by atoms with Crippen LogP contribution >= 0.6 is 0 Å². The standard InChI is InChI=1S/C26H29N5O2/c1-17-6-8-21(26(33)30-12-4-3-5-13-30)24(27-17)19-10-14-31(15-11-19)25(32)20-7-9-22-23(16-20)29-18(2)28-22/h3-4,6-9,16,19H,5,10-15H2,1-2H3,(H,28,29). The number of carbonyl (C=O) groups excluding carboxylic acids is 2. The van der Waals surface area contributed by atoms with Gasteiger partial charge in [-0.1, -0.05) is 12.2 Å². The van der Waals surface area contributed by atoms with Gasteiger partial charge in [0.2, 0.25) is 0 Å². The highest BCUT2D eigenvalue weighted by Crippen LogP contribution is 2.31. The predicted octanol–water partition coefficient (Wildman–Crippen LogP) is 4.00. The van der Waals surface area contributed by atoms with Gasteiger partial charge in [-0.3, -0.25) is 14.6 Å². The number of nitrogens with zero attached hydrogens (tertiary/aromatic N) is 4. The lowest BCUT2D eigenvalue weighted by Crippen LogP contribution is -2.39. The van der Waals surface area contributed by atoms with Gasteiger partial charge in [0, 0.05) is 43.4 Å². The van der Waals surface area contributed by atoms with E-state index >= 15 is 0 Å². The number of amides is 2. The van der Waals surface area contributed by atoms with E-state index in [4.69, 9.17) is 4.98 Å². The van der Waals surface area contributed by atoms with Crippen LogP contribution in [0.4, 0.5) is 0 Å². The van der Waals surface area contributed by atoms with Gasteiger partial charge in [0.05, 0.1) is 22.3 Å². The zero-order valence-electron chi connectivity index (χ0n) is 19.2. The molecule has 7 heteroatoms. The minimum atomic E-state index is 0.0382. The van der Waals surface area contributed by atoms with Crippen molar-refractivity contribution in [3.63, 3.8) is 0 Å². The fraction of sp³-hybridized carbons (Fsp3) is 0.385. The van der Waals surface area contributed by atoms with Crippen molar-refractivity contribution in [1.29, 1.82) is 0 Å². The molecule has 0 atom stereocenters. The van der Waals surface area contributed by atoms with Crippen LogP contribution in [0.5, 0.6) is 0 Å². The first-order valence-corrected chi connectivity index (χ1v) is 11.7. The van der Waals surface area contributed by atoms with E-state index in [-0.39, 0.29) is 17.7 Å². The summed E-state index contributed by atoms with van der Waals surface area (Å²) in [6.07, 6.45) is 6.66. The van der Waals surface area contributed by atoms with Gasteiger partial charge in [-0.2, -0.15) is 0 Å². The van der Waals surface area contributed by atoms with E-state index in [0.717, 1.165) is 54.1 Å². The fourth-order valence-electron chi connectivity index (χ4n) is 4.87. The third-order valence-electron chi connectivity index (χ3n) is 6.66. The van der Waals surface area contributed by atoms with Gasteiger partial charge in [0.1, 0.15) is 5.82 Å².